The van der Waals surface area contributed by atoms with Gasteiger partial charge < -0.3 is 24.8 Å². The molecule has 1 aromatic heterocycles. The molecule has 1 aliphatic carbocycles. The van der Waals surface area contributed by atoms with Gasteiger partial charge in [0.2, 0.25) is 5.95 Å². The minimum atomic E-state index is -0.612. The molecule has 5 rings (SSSR count). The fourth-order valence-corrected chi connectivity index (χ4v) is 4.97. The lowest BCUT2D eigenvalue weighted by Gasteiger charge is -2.37. The summed E-state index contributed by atoms with van der Waals surface area (Å²) in [7, 11) is 3.49. The van der Waals surface area contributed by atoms with Crippen LogP contribution in [-0.4, -0.2) is 77.5 Å². The first-order valence-corrected chi connectivity index (χ1v) is 13.1. The molecule has 9 nitrogen and oxygen atoms in total. The van der Waals surface area contributed by atoms with E-state index in [1.807, 2.05) is 38.2 Å². The molecule has 194 valence electrons. The average Bonchev–Trinajstić information content (AvgIpc) is 3.22. The molecule has 4 aliphatic rings. The Morgan fingerprint density at radius 3 is 2.53 bits per heavy atom. The molecule has 1 N–H and O–H groups in total. The van der Waals surface area contributed by atoms with Gasteiger partial charge in [-0.3, -0.25) is 9.59 Å². The number of nitrogens with zero attached hydrogens (tertiary/aromatic N) is 5. The topological polar surface area (TPSA) is 90.9 Å². The monoisotopic (exact) mass is 514 g/mol. The molecule has 0 bridgehead atoms. The summed E-state index contributed by atoms with van der Waals surface area (Å²) in [5, 5.41) is 3.76. The minimum Gasteiger partial charge on any atom is -0.475 e. The van der Waals surface area contributed by atoms with Crippen LogP contribution < -0.4 is 10.2 Å². The quantitative estimate of drug-likeness (QED) is 0.642. The second-order valence-corrected chi connectivity index (χ2v) is 9.60. The van der Waals surface area contributed by atoms with Crippen LogP contribution in [0.4, 0.5) is 11.8 Å². The Morgan fingerprint density at radius 2 is 1.83 bits per heavy atom. The number of hydrogen-bond acceptors (Lipinski definition) is 7. The first-order chi connectivity index (χ1) is 17.4. The highest BCUT2D eigenvalue weighted by molar-refractivity contribution is 6.32. The molecule has 36 heavy (non-hydrogen) atoms. The van der Waals surface area contributed by atoms with E-state index in [2.05, 4.69) is 20.2 Å². The minimum absolute atomic E-state index is 0.0946. The number of ether oxygens (including phenoxy) is 1. The summed E-state index contributed by atoms with van der Waals surface area (Å²) in [5.74, 6) is 1.02. The summed E-state index contributed by atoms with van der Waals surface area (Å²) in [6, 6.07) is -0.128. The largest absolute Gasteiger partial charge is 0.475 e. The van der Waals surface area contributed by atoms with E-state index in [0.29, 0.717) is 29.8 Å². The second kappa shape index (κ2) is 11.3. The van der Waals surface area contributed by atoms with Gasteiger partial charge in [0.1, 0.15) is 5.02 Å². The van der Waals surface area contributed by atoms with E-state index in [0.717, 1.165) is 31.6 Å². The number of allylic oxidation sites excluding steroid dienone is 1. The number of fused-ring (bicyclic) bond motifs is 1. The summed E-state index contributed by atoms with van der Waals surface area (Å²) >= 11 is 6.40. The zero-order valence-electron chi connectivity index (χ0n) is 21.4. The van der Waals surface area contributed by atoms with Gasteiger partial charge in [-0.05, 0) is 31.4 Å². The number of carbonyl (C=O) groups is 2. The smallest absolute Gasteiger partial charge is 0.288 e. The maximum absolute atomic E-state index is 12.9. The molecular formula is C26H35ClN6O3. The van der Waals surface area contributed by atoms with Gasteiger partial charge in [-0.25, -0.2) is 4.98 Å². The van der Waals surface area contributed by atoms with Gasteiger partial charge in [-0.15, -0.1) is 0 Å². The molecule has 10 heteroatoms. The SMILES string of the molecule is CC.CN1CCC(OC2=CC3C=C(Nc4nc(N5CCCCC5)ncc4Cl)C=CC3N(C)C2=O)C1=O. The van der Waals surface area contributed by atoms with Crippen LogP contribution in [0.25, 0.3) is 0 Å². The summed E-state index contributed by atoms with van der Waals surface area (Å²) < 4.78 is 5.88. The Balaban J connectivity index is 0.00000148. The number of halogens is 1. The zero-order valence-corrected chi connectivity index (χ0v) is 22.2. The Labute approximate surface area is 217 Å². The van der Waals surface area contributed by atoms with E-state index in [9.17, 15) is 9.59 Å². The van der Waals surface area contributed by atoms with Crippen molar-refractivity contribution in [3.63, 3.8) is 0 Å². The number of nitrogens with one attached hydrogen (secondary N) is 1. The van der Waals surface area contributed by atoms with Crippen LogP contribution in [0.15, 0.2) is 42.0 Å². The highest BCUT2D eigenvalue weighted by Crippen LogP contribution is 2.32. The van der Waals surface area contributed by atoms with Gasteiger partial charge in [-0.1, -0.05) is 37.6 Å². The Bertz CT molecular complexity index is 1080. The van der Waals surface area contributed by atoms with Crippen LogP contribution in [-0.2, 0) is 14.3 Å². The van der Waals surface area contributed by atoms with Crippen molar-refractivity contribution in [2.75, 3.05) is 43.9 Å². The van der Waals surface area contributed by atoms with Crippen molar-refractivity contribution in [1.82, 2.24) is 19.8 Å². The summed E-state index contributed by atoms with van der Waals surface area (Å²) in [5.41, 5.74) is 0.821. The predicted octanol–water partition coefficient (Wildman–Crippen LogP) is 3.60. The van der Waals surface area contributed by atoms with Gasteiger partial charge in [0.05, 0.1) is 12.2 Å². The van der Waals surface area contributed by atoms with Crippen LogP contribution in [0.3, 0.4) is 0 Å². The molecule has 0 saturated carbocycles. The molecule has 2 saturated heterocycles. The van der Waals surface area contributed by atoms with E-state index in [-0.39, 0.29) is 29.5 Å². The maximum Gasteiger partial charge on any atom is 0.288 e. The number of amides is 2. The second-order valence-electron chi connectivity index (χ2n) is 9.19. The third-order valence-corrected chi connectivity index (χ3v) is 7.12. The number of aromatic nitrogens is 2. The van der Waals surface area contributed by atoms with Crippen molar-refractivity contribution < 1.29 is 14.3 Å². The lowest BCUT2D eigenvalue weighted by molar-refractivity contribution is -0.139. The number of hydrogen-bond donors (Lipinski definition) is 1. The lowest BCUT2D eigenvalue weighted by Crippen LogP contribution is -2.46. The summed E-state index contributed by atoms with van der Waals surface area (Å²) in [4.78, 5) is 39.7. The Hall–Kier alpha value is -3.07. The maximum atomic E-state index is 12.9. The molecule has 0 radical (unpaired) electrons. The van der Waals surface area contributed by atoms with Crippen molar-refractivity contribution in [2.45, 2.75) is 51.7 Å². The zero-order chi connectivity index (χ0) is 25.8. The van der Waals surface area contributed by atoms with Crippen molar-refractivity contribution in [3.05, 3.63) is 47.0 Å². The molecule has 3 unspecified atom stereocenters. The van der Waals surface area contributed by atoms with E-state index in [1.165, 1.54) is 6.42 Å². The van der Waals surface area contributed by atoms with Gasteiger partial charge in [0.25, 0.3) is 11.8 Å². The predicted molar refractivity (Wildman–Crippen MR) is 141 cm³/mol. The Kier molecular flexibility index (Phi) is 8.18. The third-order valence-electron chi connectivity index (χ3n) is 6.84. The standard InChI is InChI=1S/C24H29ClN6O3.C2H6/c1-29-11-8-19(22(29)32)34-20-13-15-12-16(6-7-18(15)30(2)23(20)33)27-21-17(25)14-26-24(28-21)31-9-4-3-5-10-31;1-2/h6-7,12-15,18-19H,3-5,8-11H2,1-2H3,(H,26,27,28);1-2H3. The molecule has 1 aromatic rings. The van der Waals surface area contributed by atoms with Crippen molar-refractivity contribution in [3.8, 4) is 0 Å². The molecule has 4 heterocycles. The molecule has 3 aliphatic heterocycles. The van der Waals surface area contributed by atoms with Gasteiger partial charge in [-0.2, -0.15) is 4.98 Å². The average molecular weight is 515 g/mol. The molecule has 2 fully saturated rings. The first kappa shape index (κ1) is 26.0. The number of anilines is 2. The fraction of sp³-hybridized carbons (Fsp3) is 0.538. The molecule has 3 atom stereocenters. The summed E-state index contributed by atoms with van der Waals surface area (Å²) in [6.07, 6.45) is 12.8. The molecule has 0 aromatic carbocycles. The highest BCUT2D eigenvalue weighted by atomic mass is 35.5. The van der Waals surface area contributed by atoms with Gasteiger partial charge >= 0.3 is 0 Å². The van der Waals surface area contributed by atoms with E-state index in [4.69, 9.17) is 16.3 Å². The van der Waals surface area contributed by atoms with Crippen LogP contribution in [0.5, 0.6) is 0 Å². The first-order valence-electron chi connectivity index (χ1n) is 12.8. The van der Waals surface area contributed by atoms with Crippen LogP contribution >= 0.6 is 11.6 Å². The van der Waals surface area contributed by atoms with E-state index in [1.54, 1.807) is 30.1 Å². The number of likely N-dealkylation sites (tertiary alicyclic amines) is 1. The third kappa shape index (κ3) is 5.36. The van der Waals surface area contributed by atoms with Crippen molar-refractivity contribution >= 4 is 35.2 Å². The number of piperidine rings is 1. The Morgan fingerprint density at radius 1 is 1.08 bits per heavy atom. The summed E-state index contributed by atoms with van der Waals surface area (Å²) in [6.45, 7) is 6.52. The normalized spacial score (nSPS) is 25.6. The van der Waals surface area contributed by atoms with Crippen molar-refractivity contribution in [1.29, 1.82) is 0 Å². The van der Waals surface area contributed by atoms with Crippen LogP contribution in [0, 0.1) is 5.92 Å². The van der Waals surface area contributed by atoms with E-state index >= 15 is 0 Å². The number of rotatable bonds is 5. The highest BCUT2D eigenvalue weighted by Gasteiger charge is 2.38. The van der Waals surface area contributed by atoms with Gasteiger partial charge in [0.15, 0.2) is 17.7 Å². The van der Waals surface area contributed by atoms with E-state index < -0.39 is 6.10 Å². The lowest BCUT2D eigenvalue weighted by atomic mass is 9.89. The molecular weight excluding hydrogens is 480 g/mol. The van der Waals surface area contributed by atoms with Crippen LogP contribution in [0.1, 0.15) is 39.5 Å². The van der Waals surface area contributed by atoms with Gasteiger partial charge in [0, 0.05) is 51.8 Å². The van der Waals surface area contributed by atoms with Crippen LogP contribution in [0.2, 0.25) is 5.02 Å². The number of carbonyl (C=O) groups excluding carboxylic acids is 2. The molecule has 0 spiro atoms. The number of likely N-dealkylation sites (N-methyl/N-ethyl adjacent to an activating group) is 2. The molecule has 2 amide bonds. The van der Waals surface area contributed by atoms with Crippen molar-refractivity contribution in [2.24, 2.45) is 5.92 Å². The fourth-order valence-electron chi connectivity index (χ4n) is 4.84.